The summed E-state index contributed by atoms with van der Waals surface area (Å²) in [7, 11) is 1.84. The van der Waals surface area contributed by atoms with Crippen molar-refractivity contribution < 1.29 is 18.0 Å². The van der Waals surface area contributed by atoms with E-state index < -0.39 is 11.7 Å². The van der Waals surface area contributed by atoms with Gasteiger partial charge in [-0.15, -0.1) is 0 Å². The summed E-state index contributed by atoms with van der Waals surface area (Å²) in [4.78, 5) is 11.8. The molecular weight excluding hydrogens is 307 g/mol. The Morgan fingerprint density at radius 3 is 2.65 bits per heavy atom. The van der Waals surface area contributed by atoms with Gasteiger partial charge in [0.05, 0.1) is 17.7 Å². The van der Waals surface area contributed by atoms with E-state index in [2.05, 4.69) is 10.4 Å². The van der Waals surface area contributed by atoms with Gasteiger partial charge in [-0.25, -0.2) is 0 Å². The molecule has 0 spiro atoms. The van der Waals surface area contributed by atoms with Crippen molar-refractivity contribution in [3.05, 3.63) is 52.8 Å². The lowest BCUT2D eigenvalue weighted by atomic mass is 10.1. The van der Waals surface area contributed by atoms with Crippen LogP contribution in [0.5, 0.6) is 0 Å². The van der Waals surface area contributed by atoms with Gasteiger partial charge < -0.3 is 5.32 Å². The molecule has 0 aliphatic rings. The molecule has 1 N–H and O–H groups in total. The maximum absolute atomic E-state index is 12.6. The first-order chi connectivity index (χ1) is 10.8. The van der Waals surface area contributed by atoms with E-state index >= 15 is 0 Å². The maximum Gasteiger partial charge on any atom is 0.416 e. The van der Waals surface area contributed by atoms with Gasteiger partial charge in [-0.2, -0.15) is 18.3 Å². The second kappa shape index (κ2) is 6.85. The third-order valence-corrected chi connectivity index (χ3v) is 3.49. The van der Waals surface area contributed by atoms with Crippen molar-refractivity contribution in [2.45, 2.75) is 25.9 Å². The zero-order valence-corrected chi connectivity index (χ0v) is 12.9. The first-order valence-electron chi connectivity index (χ1n) is 7.18. The third-order valence-electron chi connectivity index (χ3n) is 3.49. The van der Waals surface area contributed by atoms with Crippen molar-refractivity contribution in [2.75, 3.05) is 6.54 Å². The molecule has 0 radical (unpaired) electrons. The summed E-state index contributed by atoms with van der Waals surface area (Å²) in [5.74, 6) is -0.308. The lowest BCUT2D eigenvalue weighted by Gasteiger charge is -2.09. The molecule has 23 heavy (non-hydrogen) atoms. The highest BCUT2D eigenvalue weighted by atomic mass is 19.4. The standard InChI is InChI=1S/C16H18F3N3O/c1-11-8-14(21-22(11)2)6-7-20-15(23)10-12-4-3-5-13(9-12)16(17,18)19/h3-5,8-9H,6-7,10H2,1-2H3,(H,20,23). The van der Waals surface area contributed by atoms with Gasteiger partial charge in [0.25, 0.3) is 0 Å². The Kier molecular flexibility index (Phi) is 5.08. The van der Waals surface area contributed by atoms with E-state index in [9.17, 15) is 18.0 Å². The second-order valence-electron chi connectivity index (χ2n) is 5.38. The number of rotatable bonds is 5. The Morgan fingerprint density at radius 1 is 1.30 bits per heavy atom. The van der Waals surface area contributed by atoms with E-state index in [1.165, 1.54) is 12.1 Å². The third kappa shape index (κ3) is 4.84. The van der Waals surface area contributed by atoms with Crippen LogP contribution in [0.2, 0.25) is 0 Å². The molecule has 7 heteroatoms. The van der Waals surface area contributed by atoms with Gasteiger partial charge >= 0.3 is 6.18 Å². The summed E-state index contributed by atoms with van der Waals surface area (Å²) in [6.45, 7) is 2.33. The molecule has 1 aromatic heterocycles. The number of carbonyl (C=O) groups excluding carboxylic acids is 1. The van der Waals surface area contributed by atoms with Crippen molar-refractivity contribution in [1.82, 2.24) is 15.1 Å². The van der Waals surface area contributed by atoms with E-state index in [4.69, 9.17) is 0 Å². The Hall–Kier alpha value is -2.31. The molecule has 0 bridgehead atoms. The summed E-state index contributed by atoms with van der Waals surface area (Å²) in [6, 6.07) is 6.74. The average Bonchev–Trinajstić information content (AvgIpc) is 2.77. The quantitative estimate of drug-likeness (QED) is 0.919. The van der Waals surface area contributed by atoms with Crippen LogP contribution in [0.1, 0.15) is 22.5 Å². The van der Waals surface area contributed by atoms with Gasteiger partial charge in [-0.1, -0.05) is 18.2 Å². The van der Waals surface area contributed by atoms with Crippen LogP contribution in [-0.4, -0.2) is 22.2 Å². The van der Waals surface area contributed by atoms with Crippen LogP contribution >= 0.6 is 0 Å². The average molecular weight is 325 g/mol. The molecule has 1 heterocycles. The minimum atomic E-state index is -4.40. The smallest absolute Gasteiger partial charge is 0.355 e. The number of benzene rings is 1. The fourth-order valence-electron chi connectivity index (χ4n) is 2.19. The highest BCUT2D eigenvalue weighted by molar-refractivity contribution is 5.78. The van der Waals surface area contributed by atoms with E-state index in [0.717, 1.165) is 23.5 Å². The van der Waals surface area contributed by atoms with E-state index in [0.29, 0.717) is 18.5 Å². The lowest BCUT2D eigenvalue weighted by Crippen LogP contribution is -2.27. The van der Waals surface area contributed by atoms with E-state index in [1.807, 2.05) is 20.0 Å². The van der Waals surface area contributed by atoms with Gasteiger partial charge in [0.1, 0.15) is 0 Å². The molecule has 0 fully saturated rings. The van der Waals surface area contributed by atoms with Crippen LogP contribution < -0.4 is 5.32 Å². The molecule has 0 aliphatic carbocycles. The number of nitrogens with zero attached hydrogens (tertiary/aromatic N) is 2. The first-order valence-corrected chi connectivity index (χ1v) is 7.18. The molecule has 1 amide bonds. The normalized spacial score (nSPS) is 11.5. The molecule has 4 nitrogen and oxygen atoms in total. The first kappa shape index (κ1) is 17.1. The number of aryl methyl sites for hydroxylation is 2. The predicted molar refractivity (Wildman–Crippen MR) is 79.8 cm³/mol. The van der Waals surface area contributed by atoms with Gasteiger partial charge in [0.15, 0.2) is 0 Å². The SMILES string of the molecule is Cc1cc(CCNC(=O)Cc2cccc(C(F)(F)F)c2)nn1C. The van der Waals surface area contributed by atoms with Crippen molar-refractivity contribution in [3.63, 3.8) is 0 Å². The summed E-state index contributed by atoms with van der Waals surface area (Å²) in [6.07, 6.45) is -3.90. The van der Waals surface area contributed by atoms with E-state index in [-0.39, 0.29) is 12.3 Å². The largest absolute Gasteiger partial charge is 0.416 e. The van der Waals surface area contributed by atoms with Gasteiger partial charge in [0.2, 0.25) is 5.91 Å². The molecule has 2 aromatic rings. The zero-order chi connectivity index (χ0) is 17.0. The van der Waals surface area contributed by atoms with Crippen LogP contribution in [-0.2, 0) is 30.9 Å². The number of amides is 1. The van der Waals surface area contributed by atoms with E-state index in [1.54, 1.807) is 4.68 Å². The molecule has 0 aliphatic heterocycles. The van der Waals surface area contributed by atoms with Crippen LogP contribution in [0.4, 0.5) is 13.2 Å². The molecule has 1 aromatic carbocycles. The van der Waals surface area contributed by atoms with Crippen molar-refractivity contribution in [3.8, 4) is 0 Å². The van der Waals surface area contributed by atoms with Crippen molar-refractivity contribution in [1.29, 1.82) is 0 Å². The fourth-order valence-corrected chi connectivity index (χ4v) is 2.19. The Morgan fingerprint density at radius 2 is 2.04 bits per heavy atom. The number of hydrogen-bond donors (Lipinski definition) is 1. The van der Waals surface area contributed by atoms with Gasteiger partial charge in [0, 0.05) is 25.7 Å². The summed E-state index contributed by atoms with van der Waals surface area (Å²) in [5.41, 5.74) is 1.48. The topological polar surface area (TPSA) is 46.9 Å². The minimum absolute atomic E-state index is 0.0782. The monoisotopic (exact) mass is 325 g/mol. The number of aromatic nitrogens is 2. The van der Waals surface area contributed by atoms with Crippen molar-refractivity contribution in [2.24, 2.45) is 7.05 Å². The number of halogens is 3. The number of carbonyl (C=O) groups is 1. The molecule has 0 unspecified atom stereocenters. The molecule has 0 saturated heterocycles. The molecule has 0 atom stereocenters. The van der Waals surface area contributed by atoms with Crippen LogP contribution in [0.3, 0.4) is 0 Å². The summed E-state index contributed by atoms with van der Waals surface area (Å²) >= 11 is 0. The van der Waals surface area contributed by atoms with Gasteiger partial charge in [-0.05, 0) is 24.6 Å². The lowest BCUT2D eigenvalue weighted by molar-refractivity contribution is -0.137. The number of hydrogen-bond acceptors (Lipinski definition) is 2. The highest BCUT2D eigenvalue weighted by Crippen LogP contribution is 2.29. The summed E-state index contributed by atoms with van der Waals surface area (Å²) in [5, 5.41) is 6.97. The Labute approximate surface area is 132 Å². The fraction of sp³-hybridized carbons (Fsp3) is 0.375. The molecule has 2 rings (SSSR count). The minimum Gasteiger partial charge on any atom is -0.355 e. The number of nitrogens with one attached hydrogen (secondary N) is 1. The number of alkyl halides is 3. The molecule has 0 saturated carbocycles. The van der Waals surface area contributed by atoms with Crippen LogP contribution in [0.15, 0.2) is 30.3 Å². The predicted octanol–water partition coefficient (Wildman–Crippen LogP) is 2.65. The summed E-state index contributed by atoms with van der Waals surface area (Å²) < 4.78 is 39.6. The molecule has 124 valence electrons. The Balaban J connectivity index is 1.85. The second-order valence-corrected chi connectivity index (χ2v) is 5.38. The maximum atomic E-state index is 12.6. The highest BCUT2D eigenvalue weighted by Gasteiger charge is 2.30. The van der Waals surface area contributed by atoms with Crippen LogP contribution in [0, 0.1) is 6.92 Å². The van der Waals surface area contributed by atoms with Crippen LogP contribution in [0.25, 0.3) is 0 Å². The van der Waals surface area contributed by atoms with Gasteiger partial charge in [-0.3, -0.25) is 9.48 Å². The van der Waals surface area contributed by atoms with Crippen molar-refractivity contribution >= 4 is 5.91 Å². The Bertz CT molecular complexity index is 673. The zero-order valence-electron chi connectivity index (χ0n) is 12.9. The molecular formula is C16H18F3N3O.